The summed E-state index contributed by atoms with van der Waals surface area (Å²) in [6, 6.07) is 1.47. The lowest BCUT2D eigenvalue weighted by atomic mass is 10.00. The first-order valence-electron chi connectivity index (χ1n) is 6.39. The van der Waals surface area contributed by atoms with Crippen LogP contribution in [-0.4, -0.2) is 61.2 Å². The molecule has 2 aliphatic heterocycles. The maximum absolute atomic E-state index is 3.36. The van der Waals surface area contributed by atoms with Crippen molar-refractivity contribution in [3.63, 3.8) is 0 Å². The number of rotatable bonds is 3. The van der Waals surface area contributed by atoms with Gasteiger partial charge in [-0.1, -0.05) is 6.92 Å². The zero-order valence-corrected chi connectivity index (χ0v) is 10.4. The summed E-state index contributed by atoms with van der Waals surface area (Å²) in [7, 11) is 0. The lowest BCUT2D eigenvalue weighted by molar-refractivity contribution is 0.0304. The zero-order chi connectivity index (χ0) is 10.8. The van der Waals surface area contributed by atoms with Crippen LogP contribution in [0, 0.1) is 5.92 Å². The minimum atomic E-state index is 0.735. The molecule has 3 heteroatoms. The minimum Gasteiger partial charge on any atom is -0.316 e. The summed E-state index contributed by atoms with van der Waals surface area (Å²) in [5, 5.41) is 3.36. The van der Waals surface area contributed by atoms with Gasteiger partial charge in [0.05, 0.1) is 0 Å². The van der Waals surface area contributed by atoms with Gasteiger partial charge in [-0.25, -0.2) is 0 Å². The highest BCUT2D eigenvalue weighted by Crippen LogP contribution is 2.17. The van der Waals surface area contributed by atoms with Crippen LogP contribution in [0.5, 0.6) is 0 Å². The van der Waals surface area contributed by atoms with E-state index in [2.05, 4.69) is 35.9 Å². The van der Waals surface area contributed by atoms with E-state index in [1.807, 2.05) is 0 Å². The van der Waals surface area contributed by atoms with E-state index >= 15 is 0 Å². The molecule has 1 N–H and O–H groups in total. The van der Waals surface area contributed by atoms with E-state index in [1.54, 1.807) is 0 Å². The second-order valence-electron chi connectivity index (χ2n) is 5.26. The number of hydrogen-bond acceptors (Lipinski definition) is 3. The van der Waals surface area contributed by atoms with Crippen LogP contribution < -0.4 is 5.32 Å². The molecule has 2 heterocycles. The van der Waals surface area contributed by atoms with Gasteiger partial charge in [0.15, 0.2) is 0 Å². The van der Waals surface area contributed by atoms with Gasteiger partial charge in [0.2, 0.25) is 0 Å². The van der Waals surface area contributed by atoms with Crippen LogP contribution in [-0.2, 0) is 0 Å². The fraction of sp³-hybridized carbons (Fsp3) is 1.00. The van der Waals surface area contributed by atoms with Crippen LogP contribution in [0.1, 0.15) is 20.8 Å². The first-order valence-corrected chi connectivity index (χ1v) is 6.39. The van der Waals surface area contributed by atoms with E-state index in [0.717, 1.165) is 18.0 Å². The molecular weight excluding hydrogens is 186 g/mol. The number of nitrogens with zero attached hydrogens (tertiary/aromatic N) is 2. The Morgan fingerprint density at radius 3 is 2.20 bits per heavy atom. The Balaban J connectivity index is 1.84. The largest absolute Gasteiger partial charge is 0.316 e. The Morgan fingerprint density at radius 2 is 1.67 bits per heavy atom. The van der Waals surface area contributed by atoms with Crippen LogP contribution in [0.2, 0.25) is 0 Å². The molecule has 0 spiro atoms. The molecule has 88 valence electrons. The van der Waals surface area contributed by atoms with E-state index in [9.17, 15) is 0 Å². The highest BCUT2D eigenvalue weighted by Gasteiger charge is 2.30. The summed E-state index contributed by atoms with van der Waals surface area (Å²) in [4.78, 5) is 5.28. The Hall–Kier alpha value is -0.120. The molecule has 0 saturated carbocycles. The SMILES string of the molecule is CCN1C[C@@H](C)N(CC2CNC2)C[C@@H]1C. The molecule has 15 heavy (non-hydrogen) atoms. The fourth-order valence-electron chi connectivity index (χ4n) is 2.77. The van der Waals surface area contributed by atoms with Gasteiger partial charge in [-0.3, -0.25) is 9.80 Å². The summed E-state index contributed by atoms with van der Waals surface area (Å²) in [5.74, 6) is 0.910. The van der Waals surface area contributed by atoms with Gasteiger partial charge in [-0.2, -0.15) is 0 Å². The molecule has 2 rings (SSSR count). The Morgan fingerprint density at radius 1 is 1.07 bits per heavy atom. The van der Waals surface area contributed by atoms with Gasteiger partial charge in [-0.15, -0.1) is 0 Å². The average molecular weight is 211 g/mol. The van der Waals surface area contributed by atoms with Crippen molar-refractivity contribution < 1.29 is 0 Å². The van der Waals surface area contributed by atoms with Crippen LogP contribution in [0.15, 0.2) is 0 Å². The smallest absolute Gasteiger partial charge is 0.0195 e. The summed E-state index contributed by atoms with van der Waals surface area (Å²) in [5.41, 5.74) is 0. The molecule has 0 amide bonds. The average Bonchev–Trinajstić information content (AvgIpc) is 2.16. The number of piperazine rings is 1. The van der Waals surface area contributed by atoms with Crippen molar-refractivity contribution in [2.24, 2.45) is 5.92 Å². The van der Waals surface area contributed by atoms with Gasteiger partial charge in [-0.05, 0) is 26.3 Å². The normalized spacial score (nSPS) is 35.4. The van der Waals surface area contributed by atoms with Gasteiger partial charge < -0.3 is 5.32 Å². The van der Waals surface area contributed by atoms with Crippen LogP contribution in [0.4, 0.5) is 0 Å². The monoisotopic (exact) mass is 211 g/mol. The van der Waals surface area contributed by atoms with Gasteiger partial charge in [0.1, 0.15) is 0 Å². The van der Waals surface area contributed by atoms with E-state index < -0.39 is 0 Å². The molecule has 3 nitrogen and oxygen atoms in total. The highest BCUT2D eigenvalue weighted by molar-refractivity contribution is 4.87. The molecule has 0 aromatic rings. The maximum Gasteiger partial charge on any atom is 0.0195 e. The third kappa shape index (κ3) is 2.52. The summed E-state index contributed by atoms with van der Waals surface area (Å²) >= 11 is 0. The van der Waals surface area contributed by atoms with E-state index in [4.69, 9.17) is 0 Å². The lowest BCUT2D eigenvalue weighted by Gasteiger charge is -2.46. The molecule has 0 aliphatic carbocycles. The second-order valence-corrected chi connectivity index (χ2v) is 5.26. The Bertz CT molecular complexity index is 203. The standard InChI is InChI=1S/C12H25N3/c1-4-14-7-11(3)15(8-10(14)2)9-12-5-13-6-12/h10-13H,4-9H2,1-3H3/t10-,11+/m0/s1. The topological polar surface area (TPSA) is 18.5 Å². The molecule has 2 saturated heterocycles. The second kappa shape index (κ2) is 4.81. The van der Waals surface area contributed by atoms with Crippen molar-refractivity contribution in [3.05, 3.63) is 0 Å². The lowest BCUT2D eigenvalue weighted by Crippen LogP contribution is -2.59. The van der Waals surface area contributed by atoms with Crippen molar-refractivity contribution in [1.29, 1.82) is 0 Å². The summed E-state index contributed by atoms with van der Waals surface area (Å²) < 4.78 is 0. The van der Waals surface area contributed by atoms with Gasteiger partial charge in [0.25, 0.3) is 0 Å². The first-order chi connectivity index (χ1) is 7.20. The summed E-state index contributed by atoms with van der Waals surface area (Å²) in [6.45, 7) is 14.5. The minimum absolute atomic E-state index is 0.735. The molecule has 0 aromatic carbocycles. The van der Waals surface area contributed by atoms with Crippen molar-refractivity contribution in [2.75, 3.05) is 39.3 Å². The van der Waals surface area contributed by atoms with Crippen LogP contribution in [0.3, 0.4) is 0 Å². The molecule has 0 radical (unpaired) electrons. The number of nitrogens with one attached hydrogen (secondary N) is 1. The first kappa shape index (κ1) is 11.4. The van der Waals surface area contributed by atoms with E-state index in [0.29, 0.717) is 0 Å². The maximum atomic E-state index is 3.36. The third-order valence-corrected chi connectivity index (χ3v) is 4.01. The zero-order valence-electron chi connectivity index (χ0n) is 10.4. The highest BCUT2D eigenvalue weighted by atomic mass is 15.3. The van der Waals surface area contributed by atoms with Crippen molar-refractivity contribution in [3.8, 4) is 0 Å². The summed E-state index contributed by atoms with van der Waals surface area (Å²) in [6.07, 6.45) is 0. The molecule has 0 aromatic heterocycles. The molecular formula is C12H25N3. The molecule has 2 fully saturated rings. The molecule has 0 unspecified atom stereocenters. The molecule has 2 atom stereocenters. The third-order valence-electron chi connectivity index (χ3n) is 4.01. The predicted molar refractivity (Wildman–Crippen MR) is 64.1 cm³/mol. The fourth-order valence-corrected chi connectivity index (χ4v) is 2.77. The van der Waals surface area contributed by atoms with Crippen LogP contribution in [0.25, 0.3) is 0 Å². The quantitative estimate of drug-likeness (QED) is 0.738. The molecule has 2 aliphatic rings. The van der Waals surface area contributed by atoms with Crippen molar-refractivity contribution in [2.45, 2.75) is 32.9 Å². The van der Waals surface area contributed by atoms with Crippen LogP contribution >= 0.6 is 0 Å². The van der Waals surface area contributed by atoms with E-state index in [1.165, 1.54) is 39.3 Å². The predicted octanol–water partition coefficient (Wildman–Crippen LogP) is 0.620. The Kier molecular flexibility index (Phi) is 3.65. The van der Waals surface area contributed by atoms with Crippen molar-refractivity contribution in [1.82, 2.24) is 15.1 Å². The van der Waals surface area contributed by atoms with Gasteiger partial charge in [0, 0.05) is 44.8 Å². The number of likely N-dealkylation sites (N-methyl/N-ethyl adjacent to an activating group) is 1. The molecule has 0 bridgehead atoms. The van der Waals surface area contributed by atoms with Crippen molar-refractivity contribution >= 4 is 0 Å². The van der Waals surface area contributed by atoms with Gasteiger partial charge >= 0.3 is 0 Å². The number of hydrogen-bond donors (Lipinski definition) is 1. The Labute approximate surface area is 93.8 Å². The van der Waals surface area contributed by atoms with E-state index in [-0.39, 0.29) is 0 Å².